The van der Waals surface area contributed by atoms with E-state index in [1.807, 2.05) is 19.1 Å². The minimum atomic E-state index is -0.239. The predicted molar refractivity (Wildman–Crippen MR) is 104 cm³/mol. The van der Waals surface area contributed by atoms with E-state index in [0.29, 0.717) is 29.6 Å². The van der Waals surface area contributed by atoms with Crippen LogP contribution in [0.4, 0.5) is 0 Å². The summed E-state index contributed by atoms with van der Waals surface area (Å²) in [4.78, 5) is 26.9. The summed E-state index contributed by atoms with van der Waals surface area (Å²) in [5.41, 5.74) is 0.0566. The number of hydrogen-bond acceptors (Lipinski definition) is 4. The predicted octanol–water partition coefficient (Wildman–Crippen LogP) is 0.230. The standard InChI is InChI=1S/C20H28N4O3/c1-4-9-24-19(26)16-8-6-5-7-15(16)17(22-24)18(25)21-14-20(2,3)23-10-12-27-13-11-23/h5-8H,4,9-14H2,1-3H3,(H,21,25)/p+1. The Balaban J connectivity index is 1.84. The third-order valence-corrected chi connectivity index (χ3v) is 5.26. The maximum Gasteiger partial charge on any atom is 0.274 e. The zero-order chi connectivity index (χ0) is 19.4. The number of amides is 1. The second-order valence-corrected chi connectivity index (χ2v) is 7.70. The van der Waals surface area contributed by atoms with Gasteiger partial charge in [0.15, 0.2) is 5.69 Å². The minimum Gasteiger partial charge on any atom is -0.370 e. The fourth-order valence-corrected chi connectivity index (χ4v) is 3.57. The molecule has 7 nitrogen and oxygen atoms in total. The first-order chi connectivity index (χ1) is 12.9. The van der Waals surface area contributed by atoms with Crippen LogP contribution in [0.2, 0.25) is 0 Å². The monoisotopic (exact) mass is 373 g/mol. The fourth-order valence-electron chi connectivity index (χ4n) is 3.57. The van der Waals surface area contributed by atoms with Gasteiger partial charge in [0.05, 0.1) is 25.1 Å². The molecule has 0 spiro atoms. The van der Waals surface area contributed by atoms with Crippen molar-refractivity contribution in [1.29, 1.82) is 0 Å². The molecule has 2 heterocycles. The van der Waals surface area contributed by atoms with Crippen molar-refractivity contribution in [3.05, 3.63) is 40.3 Å². The highest BCUT2D eigenvalue weighted by Gasteiger charge is 2.33. The van der Waals surface area contributed by atoms with Crippen molar-refractivity contribution < 1.29 is 14.4 Å². The van der Waals surface area contributed by atoms with E-state index in [0.717, 1.165) is 32.7 Å². The van der Waals surface area contributed by atoms with Gasteiger partial charge in [-0.25, -0.2) is 4.68 Å². The van der Waals surface area contributed by atoms with Crippen LogP contribution in [0, 0.1) is 0 Å². The number of nitrogens with zero attached hydrogens (tertiary/aromatic N) is 2. The average molecular weight is 373 g/mol. The van der Waals surface area contributed by atoms with Crippen molar-refractivity contribution in [3.63, 3.8) is 0 Å². The highest BCUT2D eigenvalue weighted by atomic mass is 16.5. The number of aromatic nitrogens is 2. The molecule has 1 amide bonds. The van der Waals surface area contributed by atoms with Gasteiger partial charge in [0, 0.05) is 11.9 Å². The van der Waals surface area contributed by atoms with Crippen LogP contribution in [-0.2, 0) is 11.3 Å². The van der Waals surface area contributed by atoms with E-state index in [4.69, 9.17) is 4.74 Å². The lowest BCUT2D eigenvalue weighted by molar-refractivity contribution is -0.954. The van der Waals surface area contributed by atoms with Gasteiger partial charge in [-0.2, -0.15) is 5.10 Å². The van der Waals surface area contributed by atoms with E-state index in [1.165, 1.54) is 9.58 Å². The molecule has 1 aromatic carbocycles. The van der Waals surface area contributed by atoms with E-state index in [2.05, 4.69) is 24.3 Å². The van der Waals surface area contributed by atoms with Crippen LogP contribution in [-0.4, -0.2) is 54.1 Å². The van der Waals surface area contributed by atoms with Gasteiger partial charge in [-0.05, 0) is 26.3 Å². The Morgan fingerprint density at radius 1 is 1.26 bits per heavy atom. The van der Waals surface area contributed by atoms with Crippen molar-refractivity contribution in [3.8, 4) is 0 Å². The summed E-state index contributed by atoms with van der Waals surface area (Å²) in [6.45, 7) is 10.7. The zero-order valence-corrected chi connectivity index (χ0v) is 16.4. The molecule has 146 valence electrons. The number of aryl methyl sites for hydroxylation is 1. The van der Waals surface area contributed by atoms with Gasteiger partial charge in [0.1, 0.15) is 18.6 Å². The summed E-state index contributed by atoms with van der Waals surface area (Å²) in [5.74, 6) is -0.239. The van der Waals surface area contributed by atoms with Crippen molar-refractivity contribution in [1.82, 2.24) is 15.1 Å². The average Bonchev–Trinajstić information content (AvgIpc) is 2.69. The van der Waals surface area contributed by atoms with Crippen LogP contribution in [0.25, 0.3) is 10.8 Å². The number of ether oxygens (including phenoxy) is 1. The smallest absolute Gasteiger partial charge is 0.274 e. The van der Waals surface area contributed by atoms with Gasteiger partial charge in [0.2, 0.25) is 0 Å². The zero-order valence-electron chi connectivity index (χ0n) is 16.4. The summed E-state index contributed by atoms with van der Waals surface area (Å²) in [6, 6.07) is 7.18. The molecule has 1 saturated heterocycles. The van der Waals surface area contributed by atoms with Crippen LogP contribution in [0.1, 0.15) is 37.7 Å². The van der Waals surface area contributed by atoms with Gasteiger partial charge in [-0.1, -0.05) is 25.1 Å². The van der Waals surface area contributed by atoms with Gasteiger partial charge < -0.3 is 15.0 Å². The number of hydrogen-bond donors (Lipinski definition) is 2. The number of benzene rings is 1. The number of nitrogens with one attached hydrogen (secondary N) is 2. The molecule has 0 bridgehead atoms. The summed E-state index contributed by atoms with van der Waals surface area (Å²) in [5, 5.41) is 8.54. The quantitative estimate of drug-likeness (QED) is 0.760. The van der Waals surface area contributed by atoms with Crippen LogP contribution in [0.15, 0.2) is 29.1 Å². The Kier molecular flexibility index (Phi) is 5.92. The van der Waals surface area contributed by atoms with E-state index in [9.17, 15) is 9.59 Å². The topological polar surface area (TPSA) is 77.7 Å². The van der Waals surface area contributed by atoms with Crippen LogP contribution < -0.4 is 15.8 Å². The SMILES string of the molecule is CCCn1nc(C(=O)NCC(C)(C)[NH+]2CCOCC2)c2ccccc2c1=O. The van der Waals surface area contributed by atoms with Gasteiger partial charge in [-0.15, -0.1) is 0 Å². The summed E-state index contributed by atoms with van der Waals surface area (Å²) in [7, 11) is 0. The molecule has 0 atom stereocenters. The molecule has 7 heteroatoms. The molecule has 0 aliphatic carbocycles. The molecule has 1 aliphatic heterocycles. The molecule has 1 aromatic heterocycles. The molecule has 2 N–H and O–H groups in total. The molecule has 0 saturated carbocycles. The summed E-state index contributed by atoms with van der Waals surface area (Å²) in [6.07, 6.45) is 0.778. The van der Waals surface area contributed by atoms with Crippen LogP contribution >= 0.6 is 0 Å². The summed E-state index contributed by atoms with van der Waals surface area (Å²) < 4.78 is 6.83. The maximum absolute atomic E-state index is 12.9. The normalized spacial score (nSPS) is 15.8. The highest BCUT2D eigenvalue weighted by molar-refractivity contribution is 6.04. The van der Waals surface area contributed by atoms with Gasteiger partial charge in [-0.3, -0.25) is 9.59 Å². The molecule has 27 heavy (non-hydrogen) atoms. The number of carbonyl (C=O) groups excluding carboxylic acids is 1. The third kappa shape index (κ3) is 4.20. The van der Waals surface area contributed by atoms with Crippen molar-refractivity contribution in [2.45, 2.75) is 39.3 Å². The Morgan fingerprint density at radius 3 is 2.59 bits per heavy atom. The lowest BCUT2D eigenvalue weighted by atomic mass is 10.0. The molecule has 1 fully saturated rings. The molecular formula is C20H29N4O3+. The first-order valence-corrected chi connectivity index (χ1v) is 9.65. The number of carbonyl (C=O) groups is 1. The molecule has 0 unspecified atom stereocenters. The number of quaternary nitrogens is 1. The highest BCUT2D eigenvalue weighted by Crippen LogP contribution is 2.13. The second kappa shape index (κ2) is 8.19. The van der Waals surface area contributed by atoms with E-state index >= 15 is 0 Å². The van der Waals surface area contributed by atoms with Crippen LogP contribution in [0.3, 0.4) is 0 Å². The molecule has 1 aliphatic rings. The van der Waals surface area contributed by atoms with Gasteiger partial charge in [0.25, 0.3) is 11.5 Å². The van der Waals surface area contributed by atoms with Crippen LogP contribution in [0.5, 0.6) is 0 Å². The Hall–Kier alpha value is -2.25. The molecular weight excluding hydrogens is 344 g/mol. The lowest BCUT2D eigenvalue weighted by Gasteiger charge is -2.37. The number of rotatable bonds is 6. The van der Waals surface area contributed by atoms with E-state index in [1.54, 1.807) is 12.1 Å². The third-order valence-electron chi connectivity index (χ3n) is 5.26. The van der Waals surface area contributed by atoms with Crippen molar-refractivity contribution >= 4 is 16.7 Å². The van der Waals surface area contributed by atoms with E-state index < -0.39 is 0 Å². The lowest BCUT2D eigenvalue weighted by Crippen LogP contribution is -3.22. The first-order valence-electron chi connectivity index (χ1n) is 9.65. The van der Waals surface area contributed by atoms with Crippen molar-refractivity contribution in [2.75, 3.05) is 32.8 Å². The second-order valence-electron chi connectivity index (χ2n) is 7.70. The largest absolute Gasteiger partial charge is 0.370 e. The maximum atomic E-state index is 12.9. The first kappa shape index (κ1) is 19.5. The Labute approximate surface area is 159 Å². The Morgan fingerprint density at radius 2 is 1.93 bits per heavy atom. The fraction of sp³-hybridized carbons (Fsp3) is 0.550. The van der Waals surface area contributed by atoms with E-state index in [-0.39, 0.29) is 17.0 Å². The van der Waals surface area contributed by atoms with Crippen molar-refractivity contribution in [2.24, 2.45) is 0 Å². The molecule has 2 aromatic rings. The minimum absolute atomic E-state index is 0.104. The van der Waals surface area contributed by atoms with Gasteiger partial charge >= 0.3 is 0 Å². The summed E-state index contributed by atoms with van der Waals surface area (Å²) >= 11 is 0. The number of fused-ring (bicyclic) bond motifs is 1. The molecule has 3 rings (SSSR count). The number of morpholine rings is 1. The Bertz CT molecular complexity index is 869. The molecule has 0 radical (unpaired) electrons.